The second-order valence-corrected chi connectivity index (χ2v) is 5.43. The minimum absolute atomic E-state index is 0.00724. The van der Waals surface area contributed by atoms with Crippen LogP contribution in [-0.4, -0.2) is 25.3 Å². The summed E-state index contributed by atoms with van der Waals surface area (Å²) in [5.74, 6) is -0.290. The van der Waals surface area contributed by atoms with Gasteiger partial charge < -0.3 is 23.7 Å². The zero-order chi connectivity index (χ0) is 18.8. The largest absolute Gasteiger partial charge is 0.502 e. The summed E-state index contributed by atoms with van der Waals surface area (Å²) in [6, 6.07) is 9.51. The standard InChI is InChI=1S/C19H16O7/c1-10(20)25-14-8-13(24-3)9-15-16(14)17(21)18(22)19(26-15)11-4-6-12(23-2)7-5-11/h4-9,22H,1-3H3. The first-order chi connectivity index (χ1) is 12.4. The van der Waals surface area contributed by atoms with Crippen LogP contribution in [0, 0.1) is 0 Å². The molecule has 0 aliphatic carbocycles. The monoisotopic (exact) mass is 356 g/mol. The molecule has 0 aliphatic heterocycles. The number of carbonyl (C=O) groups excluding carboxylic acids is 1. The van der Waals surface area contributed by atoms with E-state index in [-0.39, 0.29) is 22.5 Å². The molecule has 0 bridgehead atoms. The lowest BCUT2D eigenvalue weighted by molar-refractivity contribution is -0.131. The van der Waals surface area contributed by atoms with E-state index in [0.29, 0.717) is 17.1 Å². The molecule has 0 saturated heterocycles. The van der Waals surface area contributed by atoms with E-state index in [1.165, 1.54) is 33.3 Å². The molecule has 0 unspecified atom stereocenters. The highest BCUT2D eigenvalue weighted by atomic mass is 16.5. The Morgan fingerprint density at radius 2 is 1.69 bits per heavy atom. The van der Waals surface area contributed by atoms with Gasteiger partial charge in [-0.25, -0.2) is 0 Å². The second kappa shape index (κ2) is 6.79. The van der Waals surface area contributed by atoms with Crippen LogP contribution in [0.1, 0.15) is 6.92 Å². The number of aromatic hydroxyl groups is 1. The molecule has 0 radical (unpaired) electrons. The summed E-state index contributed by atoms with van der Waals surface area (Å²) in [4.78, 5) is 24.0. The summed E-state index contributed by atoms with van der Waals surface area (Å²) in [7, 11) is 2.97. The molecule has 26 heavy (non-hydrogen) atoms. The summed E-state index contributed by atoms with van der Waals surface area (Å²) in [6.07, 6.45) is 0. The van der Waals surface area contributed by atoms with Crippen LogP contribution in [-0.2, 0) is 4.79 Å². The van der Waals surface area contributed by atoms with Gasteiger partial charge in [0.05, 0.1) is 14.2 Å². The molecule has 0 spiro atoms. The minimum Gasteiger partial charge on any atom is -0.502 e. The molecular weight excluding hydrogens is 340 g/mol. The van der Waals surface area contributed by atoms with Crippen LogP contribution in [0.2, 0.25) is 0 Å². The highest BCUT2D eigenvalue weighted by Gasteiger charge is 2.20. The van der Waals surface area contributed by atoms with Gasteiger partial charge in [0, 0.05) is 24.6 Å². The quantitative estimate of drug-likeness (QED) is 0.567. The number of rotatable bonds is 4. The van der Waals surface area contributed by atoms with E-state index in [0.717, 1.165) is 0 Å². The van der Waals surface area contributed by atoms with Crippen molar-refractivity contribution in [1.29, 1.82) is 0 Å². The van der Waals surface area contributed by atoms with Gasteiger partial charge in [-0.3, -0.25) is 9.59 Å². The Balaban J connectivity index is 2.28. The molecule has 7 heteroatoms. The first kappa shape index (κ1) is 17.3. The number of methoxy groups -OCH3 is 2. The van der Waals surface area contributed by atoms with E-state index < -0.39 is 17.1 Å². The first-order valence-electron chi connectivity index (χ1n) is 7.65. The van der Waals surface area contributed by atoms with Gasteiger partial charge in [0.25, 0.3) is 0 Å². The first-order valence-corrected chi connectivity index (χ1v) is 7.65. The van der Waals surface area contributed by atoms with E-state index in [1.807, 2.05) is 0 Å². The third-order valence-electron chi connectivity index (χ3n) is 3.75. The number of esters is 1. The highest BCUT2D eigenvalue weighted by molar-refractivity contribution is 5.90. The van der Waals surface area contributed by atoms with Crippen molar-refractivity contribution in [3.05, 3.63) is 46.6 Å². The van der Waals surface area contributed by atoms with Gasteiger partial charge in [-0.1, -0.05) is 0 Å². The number of carbonyl (C=O) groups is 1. The lowest BCUT2D eigenvalue weighted by Crippen LogP contribution is -2.08. The Hall–Kier alpha value is -3.48. The van der Waals surface area contributed by atoms with Gasteiger partial charge in [-0.05, 0) is 24.3 Å². The van der Waals surface area contributed by atoms with Crippen molar-refractivity contribution < 1.29 is 28.5 Å². The number of hydrogen-bond donors (Lipinski definition) is 1. The van der Waals surface area contributed by atoms with E-state index >= 15 is 0 Å². The number of hydrogen-bond acceptors (Lipinski definition) is 7. The topological polar surface area (TPSA) is 95.2 Å². The van der Waals surface area contributed by atoms with Crippen molar-refractivity contribution in [3.63, 3.8) is 0 Å². The van der Waals surface area contributed by atoms with Gasteiger partial charge in [-0.15, -0.1) is 0 Å². The van der Waals surface area contributed by atoms with E-state index in [2.05, 4.69) is 0 Å². The average Bonchev–Trinajstić information content (AvgIpc) is 2.63. The number of ether oxygens (including phenoxy) is 3. The summed E-state index contributed by atoms with van der Waals surface area (Å²) in [6.45, 7) is 1.21. The molecule has 2 aromatic carbocycles. The Bertz CT molecular complexity index is 1030. The van der Waals surface area contributed by atoms with Crippen LogP contribution in [0.4, 0.5) is 0 Å². The Morgan fingerprint density at radius 3 is 2.27 bits per heavy atom. The molecule has 7 nitrogen and oxygen atoms in total. The van der Waals surface area contributed by atoms with Gasteiger partial charge in [-0.2, -0.15) is 0 Å². The normalized spacial score (nSPS) is 10.6. The van der Waals surface area contributed by atoms with E-state index in [4.69, 9.17) is 18.6 Å². The predicted octanol–water partition coefficient (Wildman–Crippen LogP) is 3.11. The van der Waals surface area contributed by atoms with Crippen molar-refractivity contribution in [1.82, 2.24) is 0 Å². The Labute approximate surface area is 148 Å². The minimum atomic E-state index is -0.712. The van der Waals surface area contributed by atoms with Crippen molar-refractivity contribution >= 4 is 16.9 Å². The van der Waals surface area contributed by atoms with Crippen molar-refractivity contribution in [3.8, 4) is 34.3 Å². The molecular formula is C19H16O7. The smallest absolute Gasteiger partial charge is 0.308 e. The fourth-order valence-corrected chi connectivity index (χ4v) is 2.54. The number of benzene rings is 2. The third-order valence-corrected chi connectivity index (χ3v) is 3.75. The van der Waals surface area contributed by atoms with Crippen molar-refractivity contribution in [2.24, 2.45) is 0 Å². The van der Waals surface area contributed by atoms with Crippen LogP contribution in [0.3, 0.4) is 0 Å². The zero-order valence-electron chi connectivity index (χ0n) is 14.4. The van der Waals surface area contributed by atoms with Crippen LogP contribution in [0.5, 0.6) is 23.0 Å². The van der Waals surface area contributed by atoms with Gasteiger partial charge in [0.15, 0.2) is 5.76 Å². The van der Waals surface area contributed by atoms with Gasteiger partial charge in [0.1, 0.15) is 28.2 Å². The molecule has 0 atom stereocenters. The summed E-state index contributed by atoms with van der Waals surface area (Å²) >= 11 is 0. The molecule has 0 fully saturated rings. The molecule has 1 heterocycles. The maximum Gasteiger partial charge on any atom is 0.308 e. The lowest BCUT2D eigenvalue weighted by Gasteiger charge is -2.11. The molecule has 0 aliphatic rings. The highest BCUT2D eigenvalue weighted by Crippen LogP contribution is 2.36. The maximum absolute atomic E-state index is 12.7. The van der Waals surface area contributed by atoms with Crippen molar-refractivity contribution in [2.75, 3.05) is 14.2 Å². The van der Waals surface area contributed by atoms with E-state index in [1.54, 1.807) is 24.3 Å². The molecule has 134 valence electrons. The van der Waals surface area contributed by atoms with E-state index in [9.17, 15) is 14.7 Å². The molecule has 0 amide bonds. The van der Waals surface area contributed by atoms with Crippen LogP contribution >= 0.6 is 0 Å². The summed E-state index contributed by atoms with van der Waals surface area (Å²) < 4.78 is 21.1. The molecule has 0 saturated carbocycles. The third kappa shape index (κ3) is 3.06. The predicted molar refractivity (Wildman–Crippen MR) is 94.0 cm³/mol. The molecule has 1 aromatic heterocycles. The Kier molecular flexibility index (Phi) is 4.53. The fraction of sp³-hybridized carbons (Fsp3) is 0.158. The summed E-state index contributed by atoms with van der Waals surface area (Å²) in [5.41, 5.74) is -0.107. The van der Waals surface area contributed by atoms with Gasteiger partial charge in [0.2, 0.25) is 11.2 Å². The average molecular weight is 356 g/mol. The Morgan fingerprint density at radius 1 is 1.04 bits per heavy atom. The molecule has 3 rings (SSSR count). The van der Waals surface area contributed by atoms with Crippen LogP contribution < -0.4 is 19.6 Å². The lowest BCUT2D eigenvalue weighted by atomic mass is 10.1. The maximum atomic E-state index is 12.7. The van der Waals surface area contributed by atoms with Crippen LogP contribution in [0.15, 0.2) is 45.6 Å². The SMILES string of the molecule is COc1ccc(-c2oc3cc(OC)cc(OC(C)=O)c3c(=O)c2O)cc1. The zero-order valence-corrected chi connectivity index (χ0v) is 14.4. The van der Waals surface area contributed by atoms with Gasteiger partial charge >= 0.3 is 5.97 Å². The van der Waals surface area contributed by atoms with Crippen molar-refractivity contribution in [2.45, 2.75) is 6.92 Å². The molecule has 3 aromatic rings. The second-order valence-electron chi connectivity index (χ2n) is 5.43. The molecule has 1 N–H and O–H groups in total. The van der Waals surface area contributed by atoms with Crippen LogP contribution in [0.25, 0.3) is 22.3 Å². The summed E-state index contributed by atoms with van der Waals surface area (Å²) in [5, 5.41) is 10.3. The number of fused-ring (bicyclic) bond motifs is 1. The fourth-order valence-electron chi connectivity index (χ4n) is 2.54.